The first kappa shape index (κ1) is 16.6. The Morgan fingerprint density at radius 2 is 2.04 bits per heavy atom. The van der Waals surface area contributed by atoms with Gasteiger partial charge in [-0.2, -0.15) is 0 Å². The first-order valence-corrected chi connectivity index (χ1v) is 7.90. The molecule has 2 aromatic rings. The predicted octanol–water partition coefficient (Wildman–Crippen LogP) is -0.265. The topological polar surface area (TPSA) is 118 Å². The molecule has 0 radical (unpaired) electrons. The highest BCUT2D eigenvalue weighted by Crippen LogP contribution is 2.04. The SMILES string of the molecule is O=C(CC1NC(=O)NC1=O)NCc1nncn1CCc1ccccc1. The van der Waals surface area contributed by atoms with Crippen molar-refractivity contribution < 1.29 is 14.4 Å². The largest absolute Gasteiger partial charge is 0.349 e. The Labute approximate surface area is 143 Å². The average Bonchev–Trinajstić information content (AvgIpc) is 3.18. The summed E-state index contributed by atoms with van der Waals surface area (Å²) in [6.07, 6.45) is 2.33. The van der Waals surface area contributed by atoms with Gasteiger partial charge in [-0.1, -0.05) is 30.3 Å². The summed E-state index contributed by atoms with van der Waals surface area (Å²) < 4.78 is 1.87. The van der Waals surface area contributed by atoms with E-state index in [1.165, 1.54) is 5.56 Å². The maximum Gasteiger partial charge on any atom is 0.322 e. The molecule has 1 fully saturated rings. The third-order valence-corrected chi connectivity index (χ3v) is 3.87. The van der Waals surface area contributed by atoms with Crippen LogP contribution in [0.2, 0.25) is 0 Å². The number of carbonyl (C=O) groups excluding carboxylic acids is 3. The molecule has 1 atom stereocenters. The molecular weight excluding hydrogens is 324 g/mol. The smallest absolute Gasteiger partial charge is 0.322 e. The number of hydrogen-bond donors (Lipinski definition) is 3. The Kier molecular flexibility index (Phi) is 5.03. The van der Waals surface area contributed by atoms with Gasteiger partial charge in [0.2, 0.25) is 5.91 Å². The number of aromatic nitrogens is 3. The van der Waals surface area contributed by atoms with Gasteiger partial charge < -0.3 is 15.2 Å². The lowest BCUT2D eigenvalue weighted by Crippen LogP contribution is -2.36. The van der Waals surface area contributed by atoms with Gasteiger partial charge in [0.15, 0.2) is 5.82 Å². The van der Waals surface area contributed by atoms with E-state index in [0.29, 0.717) is 12.4 Å². The van der Waals surface area contributed by atoms with Gasteiger partial charge in [-0.15, -0.1) is 10.2 Å². The lowest BCUT2D eigenvalue weighted by Gasteiger charge is -2.09. The second kappa shape index (κ2) is 7.56. The number of carbonyl (C=O) groups is 3. The van der Waals surface area contributed by atoms with Crippen LogP contribution in [-0.4, -0.2) is 38.7 Å². The molecule has 25 heavy (non-hydrogen) atoms. The van der Waals surface area contributed by atoms with Gasteiger partial charge in [0, 0.05) is 6.54 Å². The van der Waals surface area contributed by atoms with E-state index in [0.717, 1.165) is 6.42 Å². The van der Waals surface area contributed by atoms with Gasteiger partial charge in [0.25, 0.3) is 5.91 Å². The minimum Gasteiger partial charge on any atom is -0.349 e. The summed E-state index contributed by atoms with van der Waals surface area (Å²) in [7, 11) is 0. The van der Waals surface area contributed by atoms with E-state index in [2.05, 4.69) is 26.1 Å². The number of imide groups is 1. The molecule has 4 amide bonds. The number of nitrogens with one attached hydrogen (secondary N) is 3. The summed E-state index contributed by atoms with van der Waals surface area (Å²) in [5.74, 6) is -0.213. The Balaban J connectivity index is 1.48. The molecule has 0 bridgehead atoms. The van der Waals surface area contributed by atoms with Crippen LogP contribution in [0, 0.1) is 0 Å². The van der Waals surface area contributed by atoms with E-state index in [1.807, 2.05) is 34.9 Å². The standard InChI is InChI=1S/C16H18N6O3/c23-14(8-12-15(24)20-16(25)19-12)17-9-13-21-18-10-22(13)7-6-11-4-2-1-3-5-11/h1-5,10,12H,6-9H2,(H,17,23)(H2,19,20,24,25). The molecule has 1 aliphatic rings. The fraction of sp³-hybridized carbons (Fsp3) is 0.312. The van der Waals surface area contributed by atoms with E-state index in [4.69, 9.17) is 0 Å². The van der Waals surface area contributed by atoms with E-state index in [-0.39, 0.29) is 18.9 Å². The highest BCUT2D eigenvalue weighted by Gasteiger charge is 2.31. The number of nitrogens with zero attached hydrogens (tertiary/aromatic N) is 3. The lowest BCUT2D eigenvalue weighted by molar-refractivity contribution is -0.126. The van der Waals surface area contributed by atoms with E-state index in [1.54, 1.807) is 6.33 Å². The van der Waals surface area contributed by atoms with Gasteiger partial charge in [-0.3, -0.25) is 14.9 Å². The lowest BCUT2D eigenvalue weighted by atomic mass is 10.1. The minimum absolute atomic E-state index is 0.115. The molecule has 130 valence electrons. The zero-order valence-corrected chi connectivity index (χ0v) is 13.4. The quantitative estimate of drug-likeness (QED) is 0.599. The minimum atomic E-state index is -0.830. The van der Waals surface area contributed by atoms with Crippen molar-refractivity contribution >= 4 is 17.8 Å². The highest BCUT2D eigenvalue weighted by atomic mass is 16.2. The van der Waals surface area contributed by atoms with Crippen molar-refractivity contribution in [3.63, 3.8) is 0 Å². The molecule has 1 saturated heterocycles. The molecule has 9 heteroatoms. The fourth-order valence-corrected chi connectivity index (χ4v) is 2.53. The van der Waals surface area contributed by atoms with Gasteiger partial charge in [-0.05, 0) is 12.0 Å². The van der Waals surface area contributed by atoms with E-state index >= 15 is 0 Å². The molecule has 1 unspecified atom stereocenters. The third-order valence-electron chi connectivity index (χ3n) is 3.87. The number of rotatable bonds is 7. The van der Waals surface area contributed by atoms with Crippen molar-refractivity contribution in [3.8, 4) is 0 Å². The molecule has 1 aromatic carbocycles. The number of benzene rings is 1. The summed E-state index contributed by atoms with van der Waals surface area (Å²) in [4.78, 5) is 34.4. The summed E-state index contributed by atoms with van der Waals surface area (Å²) in [6, 6.07) is 8.63. The summed E-state index contributed by atoms with van der Waals surface area (Å²) in [5, 5.41) is 15.1. The number of aryl methyl sites for hydroxylation is 2. The molecule has 0 aliphatic carbocycles. The Hall–Kier alpha value is -3.23. The molecule has 3 rings (SSSR count). The van der Waals surface area contributed by atoms with E-state index < -0.39 is 18.0 Å². The van der Waals surface area contributed by atoms with Crippen molar-refractivity contribution in [2.45, 2.75) is 32.0 Å². The van der Waals surface area contributed by atoms with Crippen LogP contribution in [0.15, 0.2) is 36.7 Å². The summed E-state index contributed by atoms with van der Waals surface area (Å²) in [5.41, 5.74) is 1.20. The normalized spacial score (nSPS) is 16.4. The van der Waals surface area contributed by atoms with Crippen LogP contribution in [0.1, 0.15) is 17.8 Å². The molecule has 9 nitrogen and oxygen atoms in total. The van der Waals surface area contributed by atoms with Crippen LogP contribution in [-0.2, 0) is 29.1 Å². The Bertz CT molecular complexity index is 773. The van der Waals surface area contributed by atoms with Crippen molar-refractivity contribution in [3.05, 3.63) is 48.0 Å². The second-order valence-electron chi connectivity index (χ2n) is 5.67. The number of amides is 4. The molecule has 1 aliphatic heterocycles. The number of urea groups is 1. The fourth-order valence-electron chi connectivity index (χ4n) is 2.53. The second-order valence-corrected chi connectivity index (χ2v) is 5.67. The zero-order valence-electron chi connectivity index (χ0n) is 13.4. The Morgan fingerprint density at radius 1 is 1.24 bits per heavy atom. The molecule has 3 N–H and O–H groups in total. The van der Waals surface area contributed by atoms with Crippen LogP contribution in [0.5, 0.6) is 0 Å². The first-order chi connectivity index (χ1) is 12.1. The average molecular weight is 342 g/mol. The number of hydrogen-bond acceptors (Lipinski definition) is 5. The molecule has 2 heterocycles. The zero-order chi connectivity index (χ0) is 17.6. The summed E-state index contributed by atoms with van der Waals surface area (Å²) >= 11 is 0. The van der Waals surface area contributed by atoms with Crippen molar-refractivity contribution in [2.75, 3.05) is 0 Å². The van der Waals surface area contributed by atoms with Crippen molar-refractivity contribution in [2.24, 2.45) is 0 Å². The maximum absolute atomic E-state index is 11.9. The van der Waals surface area contributed by atoms with Gasteiger partial charge in [-0.25, -0.2) is 4.79 Å². The van der Waals surface area contributed by atoms with Crippen LogP contribution >= 0.6 is 0 Å². The predicted molar refractivity (Wildman–Crippen MR) is 87.1 cm³/mol. The molecule has 0 spiro atoms. The first-order valence-electron chi connectivity index (χ1n) is 7.90. The molecule has 0 saturated carbocycles. The van der Waals surface area contributed by atoms with Crippen LogP contribution < -0.4 is 16.0 Å². The summed E-state index contributed by atoms with van der Waals surface area (Å²) in [6.45, 7) is 0.902. The van der Waals surface area contributed by atoms with Gasteiger partial charge in [0.05, 0.1) is 13.0 Å². The monoisotopic (exact) mass is 342 g/mol. The van der Waals surface area contributed by atoms with Crippen molar-refractivity contribution in [1.29, 1.82) is 0 Å². The third kappa shape index (κ3) is 4.40. The van der Waals surface area contributed by atoms with E-state index in [9.17, 15) is 14.4 Å². The highest BCUT2D eigenvalue weighted by molar-refractivity contribution is 6.05. The van der Waals surface area contributed by atoms with Crippen LogP contribution in [0.25, 0.3) is 0 Å². The molecule has 1 aromatic heterocycles. The molecular formula is C16H18N6O3. The van der Waals surface area contributed by atoms with Crippen LogP contribution in [0.4, 0.5) is 4.79 Å². The van der Waals surface area contributed by atoms with Crippen LogP contribution in [0.3, 0.4) is 0 Å². The Morgan fingerprint density at radius 3 is 2.76 bits per heavy atom. The van der Waals surface area contributed by atoms with Crippen molar-refractivity contribution in [1.82, 2.24) is 30.7 Å². The maximum atomic E-state index is 11.9. The van der Waals surface area contributed by atoms with Gasteiger partial charge in [0.1, 0.15) is 12.4 Å². The van der Waals surface area contributed by atoms with Gasteiger partial charge >= 0.3 is 6.03 Å².